The summed E-state index contributed by atoms with van der Waals surface area (Å²) in [6.07, 6.45) is 3.25. The lowest BCUT2D eigenvalue weighted by atomic mass is 9.81. The second-order valence-corrected chi connectivity index (χ2v) is 8.68. The van der Waals surface area contributed by atoms with Crippen molar-refractivity contribution in [3.8, 4) is 0 Å². The Labute approximate surface area is 180 Å². The molecule has 1 saturated heterocycles. The second-order valence-electron chi connectivity index (χ2n) is 8.68. The normalized spacial score (nSPS) is 22.3. The highest BCUT2D eigenvalue weighted by molar-refractivity contribution is 5.96. The largest absolute Gasteiger partial charge is 0.328 e. The molecule has 1 fully saturated rings. The number of benzene rings is 1. The van der Waals surface area contributed by atoms with Crippen molar-refractivity contribution in [2.75, 3.05) is 6.54 Å². The summed E-state index contributed by atoms with van der Waals surface area (Å²) >= 11 is 0. The average molecular weight is 427 g/mol. The van der Waals surface area contributed by atoms with E-state index in [-0.39, 0.29) is 18.2 Å². The maximum absolute atomic E-state index is 14.1. The number of fused-ring (bicyclic) bond motifs is 1. The molecule has 0 saturated carbocycles. The maximum atomic E-state index is 14.1. The van der Waals surface area contributed by atoms with Crippen molar-refractivity contribution in [1.29, 1.82) is 0 Å². The van der Waals surface area contributed by atoms with E-state index in [9.17, 15) is 18.4 Å². The molecule has 0 radical (unpaired) electrons. The van der Waals surface area contributed by atoms with E-state index in [1.54, 1.807) is 11.6 Å². The molecule has 2 atom stereocenters. The van der Waals surface area contributed by atoms with Gasteiger partial charge in [0.25, 0.3) is 5.92 Å². The standard InChI is InChI=1S/C24H27F2N3O2/c1-4-21(31)28-14-24(25,26)12-20(28)13-29-15(2)22(16(3)30)23(27-29)19-10-9-17-7-5-6-8-18(17)11-19/h4-8,19-20H,1,9-14H2,2-3H3/t19-,20+/m1/s1. The predicted octanol–water partition coefficient (Wildman–Crippen LogP) is 4.09. The Bertz CT molecular complexity index is 1040. The summed E-state index contributed by atoms with van der Waals surface area (Å²) in [5.74, 6) is -3.43. The molecule has 1 aromatic carbocycles. The molecule has 0 N–H and O–H groups in total. The molecule has 0 bridgehead atoms. The zero-order valence-corrected chi connectivity index (χ0v) is 17.9. The molecule has 1 amide bonds. The molecular formula is C24H27F2N3O2. The molecular weight excluding hydrogens is 400 g/mol. The highest BCUT2D eigenvalue weighted by atomic mass is 19.3. The highest BCUT2D eigenvalue weighted by Gasteiger charge is 2.46. The van der Waals surface area contributed by atoms with E-state index in [1.165, 1.54) is 18.1 Å². The van der Waals surface area contributed by atoms with Crippen LogP contribution in [0.5, 0.6) is 0 Å². The first-order valence-corrected chi connectivity index (χ1v) is 10.7. The van der Waals surface area contributed by atoms with E-state index in [0.717, 1.165) is 35.9 Å². The number of ketones is 1. The number of alkyl halides is 2. The summed E-state index contributed by atoms with van der Waals surface area (Å²) in [5, 5.41) is 4.75. The topological polar surface area (TPSA) is 55.2 Å². The number of aromatic nitrogens is 2. The van der Waals surface area contributed by atoms with Gasteiger partial charge in [-0.2, -0.15) is 5.10 Å². The summed E-state index contributed by atoms with van der Waals surface area (Å²) in [6, 6.07) is 7.60. The zero-order valence-electron chi connectivity index (χ0n) is 17.9. The van der Waals surface area contributed by atoms with Crippen LogP contribution in [0.4, 0.5) is 8.78 Å². The molecule has 5 nitrogen and oxygen atoms in total. The molecule has 164 valence electrons. The molecule has 0 unspecified atom stereocenters. The first-order chi connectivity index (χ1) is 14.7. The van der Waals surface area contributed by atoms with Crippen LogP contribution in [0.1, 0.15) is 58.6 Å². The van der Waals surface area contributed by atoms with Crippen LogP contribution in [0.15, 0.2) is 36.9 Å². The van der Waals surface area contributed by atoms with Gasteiger partial charge in [0, 0.05) is 18.0 Å². The highest BCUT2D eigenvalue weighted by Crippen LogP contribution is 2.36. The van der Waals surface area contributed by atoms with Gasteiger partial charge in [0.2, 0.25) is 5.91 Å². The molecule has 1 aliphatic carbocycles. The van der Waals surface area contributed by atoms with Gasteiger partial charge < -0.3 is 4.90 Å². The van der Waals surface area contributed by atoms with Crippen molar-refractivity contribution in [3.63, 3.8) is 0 Å². The third-order valence-corrected chi connectivity index (χ3v) is 6.54. The number of hydrogen-bond donors (Lipinski definition) is 0. The van der Waals surface area contributed by atoms with Crippen molar-refractivity contribution in [2.24, 2.45) is 0 Å². The number of nitrogens with zero attached hydrogens (tertiary/aromatic N) is 3. The van der Waals surface area contributed by atoms with E-state index in [4.69, 9.17) is 5.10 Å². The van der Waals surface area contributed by atoms with Crippen LogP contribution in [-0.2, 0) is 24.2 Å². The lowest BCUT2D eigenvalue weighted by Crippen LogP contribution is -2.38. The van der Waals surface area contributed by atoms with E-state index in [0.29, 0.717) is 11.3 Å². The smallest absolute Gasteiger partial charge is 0.267 e. The second kappa shape index (κ2) is 8.02. The SMILES string of the molecule is C=CC(=O)N1CC(F)(F)C[C@H]1Cn1nc([C@@H]2CCc3ccccc3C2)c(C(C)=O)c1C. The van der Waals surface area contributed by atoms with Gasteiger partial charge in [-0.25, -0.2) is 8.78 Å². The Hall–Kier alpha value is -2.83. The number of amides is 1. The van der Waals surface area contributed by atoms with Gasteiger partial charge in [-0.3, -0.25) is 14.3 Å². The molecule has 1 aromatic heterocycles. The van der Waals surface area contributed by atoms with E-state index >= 15 is 0 Å². The van der Waals surface area contributed by atoms with Crippen LogP contribution in [-0.4, -0.2) is 44.9 Å². The number of likely N-dealkylation sites (tertiary alicyclic amines) is 1. The van der Waals surface area contributed by atoms with Crippen molar-refractivity contribution in [2.45, 2.75) is 64.0 Å². The first kappa shape index (κ1) is 21.4. The van der Waals surface area contributed by atoms with Crippen LogP contribution >= 0.6 is 0 Å². The quantitative estimate of drug-likeness (QED) is 0.534. The maximum Gasteiger partial charge on any atom is 0.267 e. The lowest BCUT2D eigenvalue weighted by molar-refractivity contribution is -0.128. The summed E-state index contributed by atoms with van der Waals surface area (Å²) in [7, 11) is 0. The fourth-order valence-corrected chi connectivity index (χ4v) is 5.03. The molecule has 2 aliphatic rings. The minimum atomic E-state index is -2.94. The van der Waals surface area contributed by atoms with Gasteiger partial charge in [0.15, 0.2) is 5.78 Å². The molecule has 2 heterocycles. The van der Waals surface area contributed by atoms with Gasteiger partial charge in [0.1, 0.15) is 0 Å². The third kappa shape index (κ3) is 4.05. The van der Waals surface area contributed by atoms with Crippen LogP contribution < -0.4 is 0 Å². The van der Waals surface area contributed by atoms with E-state index in [2.05, 4.69) is 18.7 Å². The number of carbonyl (C=O) groups is 2. The minimum Gasteiger partial charge on any atom is -0.328 e. The molecule has 31 heavy (non-hydrogen) atoms. The summed E-state index contributed by atoms with van der Waals surface area (Å²) in [5.41, 5.74) is 4.58. The van der Waals surface area contributed by atoms with Crippen molar-refractivity contribution < 1.29 is 18.4 Å². The van der Waals surface area contributed by atoms with Crippen LogP contribution in [0, 0.1) is 6.92 Å². The minimum absolute atomic E-state index is 0.0756. The fraction of sp³-hybridized carbons (Fsp3) is 0.458. The van der Waals surface area contributed by atoms with Crippen LogP contribution in [0.3, 0.4) is 0 Å². The Morgan fingerprint density at radius 2 is 2.00 bits per heavy atom. The number of aryl methyl sites for hydroxylation is 1. The van der Waals surface area contributed by atoms with Crippen molar-refractivity contribution in [1.82, 2.24) is 14.7 Å². The van der Waals surface area contributed by atoms with Gasteiger partial charge in [-0.1, -0.05) is 30.8 Å². The molecule has 4 rings (SSSR count). The van der Waals surface area contributed by atoms with E-state index < -0.39 is 30.8 Å². The van der Waals surface area contributed by atoms with Gasteiger partial charge in [0.05, 0.1) is 30.4 Å². The number of halogens is 2. The molecule has 2 aromatic rings. The first-order valence-electron chi connectivity index (χ1n) is 10.7. The number of Topliss-reactive ketones (excluding diaryl/α,β-unsaturated/α-hetero) is 1. The summed E-state index contributed by atoms with van der Waals surface area (Å²) in [6.45, 7) is 6.27. The van der Waals surface area contributed by atoms with Crippen LogP contribution in [0.25, 0.3) is 0 Å². The Morgan fingerprint density at radius 3 is 2.68 bits per heavy atom. The van der Waals surface area contributed by atoms with E-state index in [1.807, 2.05) is 12.1 Å². The van der Waals surface area contributed by atoms with Crippen molar-refractivity contribution >= 4 is 11.7 Å². The van der Waals surface area contributed by atoms with Gasteiger partial charge in [-0.05, 0) is 50.3 Å². The summed E-state index contributed by atoms with van der Waals surface area (Å²) in [4.78, 5) is 25.8. The van der Waals surface area contributed by atoms with Gasteiger partial charge in [-0.15, -0.1) is 0 Å². The predicted molar refractivity (Wildman–Crippen MR) is 113 cm³/mol. The molecule has 0 spiro atoms. The zero-order chi connectivity index (χ0) is 22.3. The van der Waals surface area contributed by atoms with Crippen molar-refractivity contribution in [3.05, 3.63) is 65.0 Å². The monoisotopic (exact) mass is 427 g/mol. The average Bonchev–Trinajstić information content (AvgIpc) is 3.23. The fourth-order valence-electron chi connectivity index (χ4n) is 5.03. The third-order valence-electron chi connectivity index (χ3n) is 6.54. The Balaban J connectivity index is 1.65. The summed E-state index contributed by atoms with van der Waals surface area (Å²) < 4.78 is 29.8. The Kier molecular flexibility index (Phi) is 5.54. The van der Waals surface area contributed by atoms with Crippen LogP contribution in [0.2, 0.25) is 0 Å². The molecule has 1 aliphatic heterocycles. The number of rotatable bonds is 5. The Morgan fingerprint density at radius 1 is 1.29 bits per heavy atom. The molecule has 7 heteroatoms. The number of hydrogen-bond acceptors (Lipinski definition) is 3. The number of carbonyl (C=O) groups excluding carboxylic acids is 2. The lowest BCUT2D eigenvalue weighted by Gasteiger charge is -2.24. The van der Waals surface area contributed by atoms with Gasteiger partial charge >= 0.3 is 0 Å².